The van der Waals surface area contributed by atoms with E-state index in [0.717, 1.165) is 5.56 Å². The summed E-state index contributed by atoms with van der Waals surface area (Å²) in [7, 11) is -1.89. The van der Waals surface area contributed by atoms with E-state index in [1.54, 1.807) is 25.2 Å². The number of sulfonamides is 1. The van der Waals surface area contributed by atoms with Crippen molar-refractivity contribution in [3.8, 4) is 0 Å². The smallest absolute Gasteiger partial charge is 0.242 e. The zero-order valence-electron chi connectivity index (χ0n) is 12.4. The van der Waals surface area contributed by atoms with Gasteiger partial charge in [0.1, 0.15) is 4.90 Å². The largest absolute Gasteiger partial charge is 0.376 e. The molecule has 21 heavy (non-hydrogen) atoms. The molecule has 0 saturated carbocycles. The van der Waals surface area contributed by atoms with Crippen molar-refractivity contribution in [2.45, 2.75) is 43.4 Å². The van der Waals surface area contributed by atoms with E-state index in [0.29, 0.717) is 19.6 Å². The Labute approximate surface area is 131 Å². The summed E-state index contributed by atoms with van der Waals surface area (Å²) in [6.45, 7) is 4.85. The Morgan fingerprint density at radius 1 is 1.48 bits per heavy atom. The van der Waals surface area contributed by atoms with Crippen molar-refractivity contribution in [1.82, 2.24) is 10.0 Å². The molecule has 0 amide bonds. The van der Waals surface area contributed by atoms with Crippen molar-refractivity contribution in [3.63, 3.8) is 0 Å². The maximum absolute atomic E-state index is 12.6. The highest BCUT2D eigenvalue weighted by Crippen LogP contribution is 2.29. The van der Waals surface area contributed by atoms with Gasteiger partial charge in [0, 0.05) is 13.2 Å². The van der Waals surface area contributed by atoms with Gasteiger partial charge in [-0.05, 0) is 45.0 Å². The molecular weight excluding hydrogens is 312 g/mol. The lowest BCUT2D eigenvalue weighted by Crippen LogP contribution is -2.50. The summed E-state index contributed by atoms with van der Waals surface area (Å²) in [6, 6.07) is 5.02. The first-order chi connectivity index (χ1) is 9.78. The van der Waals surface area contributed by atoms with E-state index >= 15 is 0 Å². The zero-order valence-corrected chi connectivity index (χ0v) is 14.0. The monoisotopic (exact) mass is 332 g/mol. The molecule has 1 aliphatic rings. The fourth-order valence-electron chi connectivity index (χ4n) is 2.40. The average molecular weight is 333 g/mol. The van der Waals surface area contributed by atoms with E-state index in [2.05, 4.69) is 10.0 Å². The highest BCUT2D eigenvalue weighted by Gasteiger charge is 2.41. The van der Waals surface area contributed by atoms with Gasteiger partial charge in [-0.15, -0.1) is 0 Å². The minimum Gasteiger partial charge on any atom is -0.376 e. The van der Waals surface area contributed by atoms with Crippen molar-refractivity contribution < 1.29 is 13.2 Å². The minimum absolute atomic E-state index is 0.109. The molecule has 0 bridgehead atoms. The van der Waals surface area contributed by atoms with E-state index in [-0.39, 0.29) is 16.0 Å². The van der Waals surface area contributed by atoms with Gasteiger partial charge in [-0.1, -0.05) is 17.7 Å². The van der Waals surface area contributed by atoms with Crippen LogP contribution in [-0.2, 0) is 21.3 Å². The van der Waals surface area contributed by atoms with Crippen LogP contribution in [-0.4, -0.2) is 33.7 Å². The van der Waals surface area contributed by atoms with E-state index in [9.17, 15) is 8.42 Å². The van der Waals surface area contributed by atoms with Gasteiger partial charge in [0.15, 0.2) is 0 Å². The Kier molecular flexibility index (Phi) is 4.95. The summed E-state index contributed by atoms with van der Waals surface area (Å²) in [5.41, 5.74) is 0.254. The third-order valence-electron chi connectivity index (χ3n) is 3.92. The van der Waals surface area contributed by atoms with Crippen LogP contribution < -0.4 is 10.0 Å². The van der Waals surface area contributed by atoms with Crippen molar-refractivity contribution in [2.24, 2.45) is 0 Å². The summed E-state index contributed by atoms with van der Waals surface area (Å²) < 4.78 is 33.5. The summed E-state index contributed by atoms with van der Waals surface area (Å²) in [4.78, 5) is 0.109. The Morgan fingerprint density at radius 3 is 2.76 bits per heavy atom. The van der Waals surface area contributed by atoms with Gasteiger partial charge < -0.3 is 10.1 Å². The molecule has 2 rings (SSSR count). The van der Waals surface area contributed by atoms with Crippen molar-refractivity contribution in [2.75, 3.05) is 13.7 Å². The van der Waals surface area contributed by atoms with Crippen LogP contribution in [0, 0.1) is 0 Å². The van der Waals surface area contributed by atoms with Crippen LogP contribution in [0.2, 0.25) is 5.02 Å². The van der Waals surface area contributed by atoms with Crippen LogP contribution in [0.3, 0.4) is 0 Å². The van der Waals surface area contributed by atoms with Gasteiger partial charge >= 0.3 is 0 Å². The van der Waals surface area contributed by atoms with Crippen LogP contribution in [0.4, 0.5) is 0 Å². The summed E-state index contributed by atoms with van der Waals surface area (Å²) in [5, 5.41) is 3.21. The van der Waals surface area contributed by atoms with Gasteiger partial charge in [-0.2, -0.15) is 0 Å². The Balaban J connectivity index is 2.33. The minimum atomic E-state index is -3.70. The Hall–Kier alpha value is -0.660. The second-order valence-electron chi connectivity index (χ2n) is 5.58. The summed E-state index contributed by atoms with van der Waals surface area (Å²) in [6.07, 6.45) is 0.466. The first-order valence-corrected chi connectivity index (χ1v) is 8.73. The van der Waals surface area contributed by atoms with Gasteiger partial charge in [0.05, 0.1) is 16.7 Å². The number of nitrogens with one attached hydrogen (secondary N) is 2. The average Bonchev–Trinajstić information content (AvgIpc) is 2.71. The standard InChI is InChI=1S/C14H21ClN2O3S/c1-10-14(2,6-7-20-10)17-21(18,19)13-8-11(9-16-3)4-5-12(13)15/h4-5,8,10,16-17H,6-7,9H2,1-3H3. The van der Waals surface area contributed by atoms with Crippen LogP contribution in [0.25, 0.3) is 0 Å². The number of hydrogen-bond acceptors (Lipinski definition) is 4. The first-order valence-electron chi connectivity index (χ1n) is 6.87. The fraction of sp³-hybridized carbons (Fsp3) is 0.571. The molecule has 2 N–H and O–H groups in total. The topological polar surface area (TPSA) is 67.4 Å². The van der Waals surface area contributed by atoms with Crippen molar-refractivity contribution in [3.05, 3.63) is 28.8 Å². The predicted molar refractivity (Wildman–Crippen MR) is 83.0 cm³/mol. The molecule has 2 atom stereocenters. The molecule has 0 spiro atoms. The molecule has 1 heterocycles. The molecule has 1 aromatic carbocycles. The lowest BCUT2D eigenvalue weighted by Gasteiger charge is -2.28. The van der Waals surface area contributed by atoms with Crippen LogP contribution in [0.5, 0.6) is 0 Å². The van der Waals surface area contributed by atoms with Crippen LogP contribution >= 0.6 is 11.6 Å². The zero-order chi connectivity index (χ0) is 15.7. The van der Waals surface area contributed by atoms with E-state index in [1.807, 2.05) is 13.8 Å². The highest BCUT2D eigenvalue weighted by atomic mass is 35.5. The predicted octanol–water partition coefficient (Wildman–Crippen LogP) is 1.91. The number of ether oxygens (including phenoxy) is 1. The summed E-state index contributed by atoms with van der Waals surface area (Å²) in [5.74, 6) is 0. The third-order valence-corrected chi connectivity index (χ3v) is 6.01. The molecule has 5 nitrogen and oxygen atoms in total. The lowest BCUT2D eigenvalue weighted by atomic mass is 9.97. The first kappa shape index (κ1) is 16.7. The number of hydrogen-bond donors (Lipinski definition) is 2. The second kappa shape index (κ2) is 6.22. The SMILES string of the molecule is CNCc1ccc(Cl)c(S(=O)(=O)NC2(C)CCOC2C)c1. The Morgan fingerprint density at radius 2 is 2.19 bits per heavy atom. The fourth-order valence-corrected chi connectivity index (χ4v) is 4.44. The molecule has 0 radical (unpaired) electrons. The molecule has 1 aromatic rings. The quantitative estimate of drug-likeness (QED) is 0.864. The number of halogens is 1. The van der Waals surface area contributed by atoms with Gasteiger partial charge in [0.2, 0.25) is 10.0 Å². The molecule has 1 aliphatic heterocycles. The van der Waals surface area contributed by atoms with Gasteiger partial charge in [-0.3, -0.25) is 0 Å². The molecule has 0 aromatic heterocycles. The second-order valence-corrected chi connectivity index (χ2v) is 7.64. The maximum Gasteiger partial charge on any atom is 0.242 e. The van der Waals surface area contributed by atoms with Gasteiger partial charge in [0.25, 0.3) is 0 Å². The van der Waals surface area contributed by atoms with Crippen LogP contribution in [0.15, 0.2) is 23.1 Å². The molecular formula is C14H21ClN2O3S. The number of benzene rings is 1. The number of rotatable bonds is 5. The molecule has 118 valence electrons. The molecule has 1 saturated heterocycles. The maximum atomic E-state index is 12.6. The Bertz CT molecular complexity index is 621. The third kappa shape index (κ3) is 3.57. The lowest BCUT2D eigenvalue weighted by molar-refractivity contribution is 0.0957. The summed E-state index contributed by atoms with van der Waals surface area (Å²) >= 11 is 6.08. The van der Waals surface area contributed by atoms with Crippen molar-refractivity contribution >= 4 is 21.6 Å². The molecule has 2 unspecified atom stereocenters. The van der Waals surface area contributed by atoms with E-state index in [4.69, 9.17) is 16.3 Å². The van der Waals surface area contributed by atoms with Crippen LogP contribution in [0.1, 0.15) is 25.8 Å². The molecule has 0 aliphatic carbocycles. The van der Waals surface area contributed by atoms with Crippen molar-refractivity contribution in [1.29, 1.82) is 0 Å². The van der Waals surface area contributed by atoms with E-state index in [1.165, 1.54) is 0 Å². The molecule has 7 heteroatoms. The highest BCUT2D eigenvalue weighted by molar-refractivity contribution is 7.89. The van der Waals surface area contributed by atoms with Gasteiger partial charge in [-0.25, -0.2) is 13.1 Å². The molecule has 1 fully saturated rings. The normalized spacial score (nSPS) is 26.2. The van der Waals surface area contributed by atoms with E-state index < -0.39 is 15.6 Å².